The Bertz CT molecular complexity index is 274. The predicted molar refractivity (Wildman–Crippen MR) is 52.8 cm³/mol. The first-order valence-electron chi connectivity index (χ1n) is 4.50. The average molecular weight is 223 g/mol. The zero-order chi connectivity index (χ0) is 10.8. The summed E-state index contributed by atoms with van der Waals surface area (Å²) >= 11 is 0. The summed E-state index contributed by atoms with van der Waals surface area (Å²) in [6, 6.07) is 0. The Morgan fingerprint density at radius 1 is 1.57 bits per heavy atom. The average Bonchev–Trinajstić information content (AvgIpc) is 1.94. The highest BCUT2D eigenvalue weighted by Crippen LogP contribution is 2.17. The largest absolute Gasteiger partial charge is 0.395 e. The summed E-state index contributed by atoms with van der Waals surface area (Å²) < 4.78 is 22.9. The van der Waals surface area contributed by atoms with Gasteiger partial charge in [0.1, 0.15) is 0 Å². The standard InChI is InChI=1S/C7H17N3O3S/c1-9(2-3-11)4-7-5-10(6-7)14(8,12)13/h7,11H,2-6H2,1H3,(H2,8,12,13). The van der Waals surface area contributed by atoms with Crippen molar-refractivity contribution < 1.29 is 13.5 Å². The Kier molecular flexibility index (Phi) is 3.85. The lowest BCUT2D eigenvalue weighted by atomic mass is 10.0. The van der Waals surface area contributed by atoms with Gasteiger partial charge in [-0.05, 0) is 13.0 Å². The quantitative estimate of drug-likeness (QED) is 0.567. The third-order valence-electron chi connectivity index (χ3n) is 2.34. The topological polar surface area (TPSA) is 86.9 Å². The Hall–Kier alpha value is -0.210. The van der Waals surface area contributed by atoms with Gasteiger partial charge in [-0.25, -0.2) is 5.14 Å². The van der Waals surface area contributed by atoms with Crippen molar-refractivity contribution in [1.29, 1.82) is 0 Å². The van der Waals surface area contributed by atoms with Gasteiger partial charge < -0.3 is 10.0 Å². The van der Waals surface area contributed by atoms with E-state index in [0.29, 0.717) is 25.6 Å². The molecule has 0 aromatic heterocycles. The van der Waals surface area contributed by atoms with Crippen molar-refractivity contribution in [2.75, 3.05) is 39.8 Å². The van der Waals surface area contributed by atoms with Gasteiger partial charge >= 0.3 is 0 Å². The summed E-state index contributed by atoms with van der Waals surface area (Å²) in [4.78, 5) is 1.98. The second-order valence-electron chi connectivity index (χ2n) is 3.71. The van der Waals surface area contributed by atoms with Gasteiger partial charge in [0.05, 0.1) is 6.61 Å². The van der Waals surface area contributed by atoms with Gasteiger partial charge in [0.25, 0.3) is 10.2 Å². The van der Waals surface area contributed by atoms with Crippen LogP contribution in [0.15, 0.2) is 0 Å². The van der Waals surface area contributed by atoms with Crippen LogP contribution in [-0.2, 0) is 10.2 Å². The van der Waals surface area contributed by atoms with E-state index in [1.165, 1.54) is 4.31 Å². The molecule has 1 heterocycles. The van der Waals surface area contributed by atoms with Crippen molar-refractivity contribution >= 4 is 10.2 Å². The summed E-state index contributed by atoms with van der Waals surface area (Å²) in [7, 11) is -1.58. The Morgan fingerprint density at radius 2 is 2.14 bits per heavy atom. The number of hydrogen-bond donors (Lipinski definition) is 2. The van der Waals surface area contributed by atoms with E-state index in [-0.39, 0.29) is 6.61 Å². The van der Waals surface area contributed by atoms with Crippen LogP contribution in [0.5, 0.6) is 0 Å². The summed E-state index contributed by atoms with van der Waals surface area (Å²) in [6.07, 6.45) is 0. The van der Waals surface area contributed by atoms with Crippen LogP contribution in [-0.4, -0.2) is 62.6 Å². The third kappa shape index (κ3) is 3.18. The van der Waals surface area contributed by atoms with Gasteiger partial charge in [-0.1, -0.05) is 0 Å². The minimum atomic E-state index is -3.48. The summed E-state index contributed by atoms with van der Waals surface area (Å²) in [5.41, 5.74) is 0. The van der Waals surface area contributed by atoms with Gasteiger partial charge in [-0.3, -0.25) is 0 Å². The highest BCUT2D eigenvalue weighted by Gasteiger charge is 2.33. The van der Waals surface area contributed by atoms with Crippen LogP contribution < -0.4 is 5.14 Å². The SMILES string of the molecule is CN(CCO)CC1CN(S(N)(=O)=O)C1. The summed E-state index contributed by atoms with van der Waals surface area (Å²) in [5.74, 6) is 0.338. The van der Waals surface area contributed by atoms with Crippen LogP contribution >= 0.6 is 0 Å². The molecule has 0 aromatic rings. The molecule has 1 saturated heterocycles. The van der Waals surface area contributed by atoms with E-state index in [9.17, 15) is 8.42 Å². The number of aliphatic hydroxyl groups is 1. The molecule has 0 bridgehead atoms. The molecule has 0 unspecified atom stereocenters. The zero-order valence-corrected chi connectivity index (χ0v) is 9.07. The molecule has 1 aliphatic heterocycles. The Labute approximate surface area is 84.5 Å². The van der Waals surface area contributed by atoms with Crippen molar-refractivity contribution in [3.8, 4) is 0 Å². The predicted octanol–water partition coefficient (Wildman–Crippen LogP) is -1.95. The molecule has 3 N–H and O–H groups in total. The van der Waals surface area contributed by atoms with Crippen LogP contribution in [0.1, 0.15) is 0 Å². The van der Waals surface area contributed by atoms with Crippen LogP contribution in [0.3, 0.4) is 0 Å². The molecule has 0 atom stereocenters. The molecule has 1 rings (SSSR count). The molecular formula is C7H17N3O3S. The zero-order valence-electron chi connectivity index (χ0n) is 8.26. The van der Waals surface area contributed by atoms with Gasteiger partial charge in [-0.15, -0.1) is 0 Å². The molecule has 0 spiro atoms. The lowest BCUT2D eigenvalue weighted by Crippen LogP contribution is -2.55. The van der Waals surface area contributed by atoms with Crippen molar-refractivity contribution in [2.45, 2.75) is 0 Å². The maximum absolute atomic E-state index is 10.8. The number of rotatable bonds is 5. The van der Waals surface area contributed by atoms with Crippen molar-refractivity contribution in [3.63, 3.8) is 0 Å². The maximum atomic E-state index is 10.8. The Balaban J connectivity index is 2.22. The molecular weight excluding hydrogens is 206 g/mol. The molecule has 6 nitrogen and oxygen atoms in total. The van der Waals surface area contributed by atoms with Gasteiger partial charge in [-0.2, -0.15) is 12.7 Å². The number of nitrogens with two attached hydrogens (primary N) is 1. The van der Waals surface area contributed by atoms with Crippen molar-refractivity contribution in [2.24, 2.45) is 11.1 Å². The van der Waals surface area contributed by atoms with E-state index in [2.05, 4.69) is 0 Å². The van der Waals surface area contributed by atoms with E-state index in [1.54, 1.807) is 0 Å². The van der Waals surface area contributed by atoms with Gasteiger partial charge in [0, 0.05) is 26.2 Å². The minimum Gasteiger partial charge on any atom is -0.395 e. The molecule has 1 fully saturated rings. The highest BCUT2D eigenvalue weighted by molar-refractivity contribution is 7.86. The highest BCUT2D eigenvalue weighted by atomic mass is 32.2. The van der Waals surface area contributed by atoms with Crippen LogP contribution in [0.4, 0.5) is 0 Å². The number of likely N-dealkylation sites (N-methyl/N-ethyl adjacent to an activating group) is 1. The fourth-order valence-corrected chi connectivity index (χ4v) is 2.39. The first kappa shape index (κ1) is 11.9. The number of hydrogen-bond acceptors (Lipinski definition) is 4. The lowest BCUT2D eigenvalue weighted by Gasteiger charge is -2.38. The van der Waals surface area contributed by atoms with Crippen LogP contribution in [0, 0.1) is 5.92 Å². The summed E-state index contributed by atoms with van der Waals surface area (Å²) in [6.45, 7) is 2.53. The molecule has 0 aliphatic carbocycles. The molecule has 0 aromatic carbocycles. The normalized spacial score (nSPS) is 20.0. The summed E-state index contributed by atoms with van der Waals surface area (Å²) in [5, 5.41) is 13.6. The fraction of sp³-hybridized carbons (Fsp3) is 1.00. The second kappa shape index (κ2) is 4.54. The molecule has 7 heteroatoms. The Morgan fingerprint density at radius 3 is 2.57 bits per heavy atom. The van der Waals surface area contributed by atoms with E-state index >= 15 is 0 Å². The molecule has 14 heavy (non-hydrogen) atoms. The van der Waals surface area contributed by atoms with E-state index in [0.717, 1.165) is 6.54 Å². The minimum absolute atomic E-state index is 0.127. The monoisotopic (exact) mass is 223 g/mol. The van der Waals surface area contributed by atoms with Gasteiger partial charge in [0.2, 0.25) is 0 Å². The lowest BCUT2D eigenvalue weighted by molar-refractivity contribution is 0.133. The van der Waals surface area contributed by atoms with Crippen molar-refractivity contribution in [1.82, 2.24) is 9.21 Å². The van der Waals surface area contributed by atoms with E-state index in [4.69, 9.17) is 10.2 Å². The van der Waals surface area contributed by atoms with Gasteiger partial charge in [0.15, 0.2) is 0 Å². The third-order valence-corrected chi connectivity index (χ3v) is 3.35. The smallest absolute Gasteiger partial charge is 0.276 e. The molecule has 84 valence electrons. The van der Waals surface area contributed by atoms with Crippen molar-refractivity contribution in [3.05, 3.63) is 0 Å². The first-order valence-corrected chi connectivity index (χ1v) is 6.01. The van der Waals surface area contributed by atoms with E-state index < -0.39 is 10.2 Å². The van der Waals surface area contributed by atoms with Crippen LogP contribution in [0.25, 0.3) is 0 Å². The molecule has 1 aliphatic rings. The maximum Gasteiger partial charge on any atom is 0.276 e. The number of aliphatic hydroxyl groups excluding tert-OH is 1. The number of nitrogens with zero attached hydrogens (tertiary/aromatic N) is 2. The second-order valence-corrected chi connectivity index (χ2v) is 5.26. The molecule has 0 saturated carbocycles. The first-order chi connectivity index (χ1) is 6.43. The van der Waals surface area contributed by atoms with Crippen LogP contribution in [0.2, 0.25) is 0 Å². The fourth-order valence-electron chi connectivity index (χ4n) is 1.55. The van der Waals surface area contributed by atoms with E-state index in [1.807, 2.05) is 11.9 Å². The molecule has 0 radical (unpaired) electrons. The molecule has 0 amide bonds.